The molecule has 80 valence electrons. The number of nitrogens with zero attached hydrogens (tertiary/aromatic N) is 4. The third kappa shape index (κ3) is 2.18. The van der Waals surface area contributed by atoms with Crippen LogP contribution < -0.4 is 0 Å². The van der Waals surface area contributed by atoms with E-state index < -0.39 is 0 Å². The topological polar surface area (TPSA) is 33.4 Å². The summed E-state index contributed by atoms with van der Waals surface area (Å²) in [7, 11) is 4.11. The van der Waals surface area contributed by atoms with E-state index in [2.05, 4.69) is 45.1 Å². The molecule has 0 aliphatic heterocycles. The summed E-state index contributed by atoms with van der Waals surface area (Å²) in [5.41, 5.74) is 0.881. The largest absolute Gasteiger partial charge is 0.309 e. The summed E-state index contributed by atoms with van der Waals surface area (Å²) in [5.74, 6) is 1.00. The standard InChI is InChI=1S/C10H13BrN4/c1-14(2)7-5-9-12-13-10-8(11)4-3-6-15(9)10/h3-4,6H,5,7H2,1-2H3. The van der Waals surface area contributed by atoms with Crippen LogP contribution in [0.2, 0.25) is 0 Å². The van der Waals surface area contributed by atoms with Crippen LogP contribution in [-0.4, -0.2) is 40.1 Å². The lowest BCUT2D eigenvalue weighted by Crippen LogP contribution is -2.16. The molecular weight excluding hydrogens is 256 g/mol. The fraction of sp³-hybridized carbons (Fsp3) is 0.400. The Bertz CT molecular complexity index is 463. The Morgan fingerprint density at radius 2 is 2.20 bits per heavy atom. The van der Waals surface area contributed by atoms with Crippen molar-refractivity contribution in [3.8, 4) is 0 Å². The zero-order chi connectivity index (χ0) is 10.8. The van der Waals surface area contributed by atoms with Gasteiger partial charge in [0.15, 0.2) is 5.65 Å². The van der Waals surface area contributed by atoms with E-state index >= 15 is 0 Å². The molecule has 2 aromatic rings. The van der Waals surface area contributed by atoms with Gasteiger partial charge in [-0.25, -0.2) is 0 Å². The first-order valence-corrected chi connectivity index (χ1v) is 5.60. The molecule has 0 unspecified atom stereocenters. The number of hydrogen-bond acceptors (Lipinski definition) is 3. The normalized spacial score (nSPS) is 11.5. The second kappa shape index (κ2) is 4.28. The van der Waals surface area contributed by atoms with Crippen molar-refractivity contribution in [3.05, 3.63) is 28.6 Å². The Morgan fingerprint density at radius 3 is 2.93 bits per heavy atom. The number of fused-ring (bicyclic) bond motifs is 1. The second-order valence-electron chi connectivity index (χ2n) is 3.72. The molecule has 0 radical (unpaired) electrons. The highest BCUT2D eigenvalue weighted by atomic mass is 79.9. The summed E-state index contributed by atoms with van der Waals surface area (Å²) in [6, 6.07) is 3.96. The average molecular weight is 269 g/mol. The minimum atomic E-state index is 0.881. The summed E-state index contributed by atoms with van der Waals surface area (Å²) in [6.07, 6.45) is 2.90. The highest BCUT2D eigenvalue weighted by Crippen LogP contribution is 2.16. The van der Waals surface area contributed by atoms with Crippen LogP contribution in [0, 0.1) is 0 Å². The summed E-state index contributed by atoms with van der Waals surface area (Å²) in [6.45, 7) is 0.979. The van der Waals surface area contributed by atoms with Gasteiger partial charge in [-0.05, 0) is 42.2 Å². The molecule has 4 nitrogen and oxygen atoms in total. The zero-order valence-electron chi connectivity index (χ0n) is 8.81. The molecule has 0 amide bonds. The predicted molar refractivity (Wildman–Crippen MR) is 62.9 cm³/mol. The maximum absolute atomic E-state index is 4.18. The van der Waals surface area contributed by atoms with Gasteiger partial charge in [0.05, 0.1) is 4.47 Å². The molecule has 0 fully saturated rings. The maximum atomic E-state index is 4.18. The van der Waals surface area contributed by atoms with Gasteiger partial charge in [0, 0.05) is 19.2 Å². The van der Waals surface area contributed by atoms with Crippen molar-refractivity contribution in [2.75, 3.05) is 20.6 Å². The van der Waals surface area contributed by atoms with E-state index in [9.17, 15) is 0 Å². The average Bonchev–Trinajstić information content (AvgIpc) is 2.59. The van der Waals surface area contributed by atoms with E-state index in [-0.39, 0.29) is 0 Å². The number of hydrogen-bond donors (Lipinski definition) is 0. The molecule has 0 aliphatic carbocycles. The van der Waals surface area contributed by atoms with E-state index in [1.165, 1.54) is 0 Å². The Morgan fingerprint density at radius 1 is 1.40 bits per heavy atom. The lowest BCUT2D eigenvalue weighted by Gasteiger charge is -2.07. The first kappa shape index (κ1) is 10.6. The van der Waals surface area contributed by atoms with E-state index in [4.69, 9.17) is 0 Å². The number of likely N-dealkylation sites (N-methyl/N-ethyl adjacent to an activating group) is 1. The van der Waals surface area contributed by atoms with Gasteiger partial charge in [-0.2, -0.15) is 0 Å². The van der Waals surface area contributed by atoms with E-state index in [1.54, 1.807) is 0 Å². The minimum Gasteiger partial charge on any atom is -0.309 e. The van der Waals surface area contributed by atoms with Crippen LogP contribution in [0.1, 0.15) is 5.82 Å². The Labute approximate surface area is 97.0 Å². The van der Waals surface area contributed by atoms with Gasteiger partial charge in [0.2, 0.25) is 0 Å². The van der Waals surface area contributed by atoms with Gasteiger partial charge in [-0.1, -0.05) is 0 Å². The van der Waals surface area contributed by atoms with Gasteiger partial charge in [0.25, 0.3) is 0 Å². The maximum Gasteiger partial charge on any atom is 0.175 e. The van der Waals surface area contributed by atoms with Gasteiger partial charge >= 0.3 is 0 Å². The second-order valence-corrected chi connectivity index (χ2v) is 4.57. The molecular formula is C10H13BrN4. The Kier molecular flexibility index (Phi) is 3.02. The van der Waals surface area contributed by atoms with E-state index in [1.807, 2.05) is 22.7 Å². The lowest BCUT2D eigenvalue weighted by molar-refractivity contribution is 0.409. The molecule has 0 atom stereocenters. The third-order valence-corrected chi connectivity index (χ3v) is 2.86. The van der Waals surface area contributed by atoms with Crippen LogP contribution in [0.5, 0.6) is 0 Å². The van der Waals surface area contributed by atoms with Crippen LogP contribution in [0.25, 0.3) is 5.65 Å². The summed E-state index contributed by atoms with van der Waals surface area (Å²) < 4.78 is 3.00. The molecule has 0 aliphatic rings. The van der Waals surface area contributed by atoms with Gasteiger partial charge < -0.3 is 4.90 Å². The Balaban J connectivity index is 2.33. The SMILES string of the molecule is CN(C)CCc1nnc2c(Br)cccn12. The minimum absolute atomic E-state index is 0.881. The van der Waals surface area contributed by atoms with Crippen molar-refractivity contribution in [1.82, 2.24) is 19.5 Å². The van der Waals surface area contributed by atoms with Gasteiger partial charge in [-0.15, -0.1) is 10.2 Å². The molecule has 0 spiro atoms. The molecule has 2 aromatic heterocycles. The van der Waals surface area contributed by atoms with E-state index in [0.717, 1.165) is 28.9 Å². The molecule has 5 heteroatoms. The molecule has 2 heterocycles. The number of aromatic nitrogens is 3. The first-order valence-electron chi connectivity index (χ1n) is 4.81. The monoisotopic (exact) mass is 268 g/mol. The summed E-state index contributed by atoms with van der Waals surface area (Å²) >= 11 is 3.46. The molecule has 0 aromatic carbocycles. The highest BCUT2D eigenvalue weighted by molar-refractivity contribution is 9.10. The van der Waals surface area contributed by atoms with Crippen molar-refractivity contribution < 1.29 is 0 Å². The highest BCUT2D eigenvalue weighted by Gasteiger charge is 2.07. The molecule has 0 saturated heterocycles. The fourth-order valence-corrected chi connectivity index (χ4v) is 1.85. The fourth-order valence-electron chi connectivity index (χ4n) is 1.43. The van der Waals surface area contributed by atoms with Crippen molar-refractivity contribution in [3.63, 3.8) is 0 Å². The van der Waals surface area contributed by atoms with Crippen LogP contribution in [0.3, 0.4) is 0 Å². The van der Waals surface area contributed by atoms with Crippen LogP contribution >= 0.6 is 15.9 Å². The molecule has 0 saturated carbocycles. The summed E-state index contributed by atoms with van der Waals surface area (Å²) in [5, 5.41) is 8.33. The smallest absolute Gasteiger partial charge is 0.175 e. The van der Waals surface area contributed by atoms with Gasteiger partial charge in [0.1, 0.15) is 5.82 Å². The number of rotatable bonds is 3. The van der Waals surface area contributed by atoms with E-state index in [0.29, 0.717) is 0 Å². The van der Waals surface area contributed by atoms with Crippen LogP contribution in [0.4, 0.5) is 0 Å². The Hall–Kier alpha value is -0.940. The van der Waals surface area contributed by atoms with Crippen molar-refractivity contribution in [2.45, 2.75) is 6.42 Å². The molecule has 2 rings (SSSR count). The van der Waals surface area contributed by atoms with Gasteiger partial charge in [-0.3, -0.25) is 4.40 Å². The van der Waals surface area contributed by atoms with Crippen molar-refractivity contribution in [1.29, 1.82) is 0 Å². The number of halogens is 1. The summed E-state index contributed by atoms with van der Waals surface area (Å²) in [4.78, 5) is 2.14. The molecule has 15 heavy (non-hydrogen) atoms. The predicted octanol–water partition coefficient (Wildman–Crippen LogP) is 1.60. The number of pyridine rings is 1. The van der Waals surface area contributed by atoms with Crippen LogP contribution in [-0.2, 0) is 6.42 Å². The quantitative estimate of drug-likeness (QED) is 0.848. The first-order chi connectivity index (χ1) is 7.18. The third-order valence-electron chi connectivity index (χ3n) is 2.24. The zero-order valence-corrected chi connectivity index (χ0v) is 10.4. The molecule has 0 N–H and O–H groups in total. The molecule has 0 bridgehead atoms. The van der Waals surface area contributed by atoms with Crippen molar-refractivity contribution in [2.24, 2.45) is 0 Å². The van der Waals surface area contributed by atoms with Crippen LogP contribution in [0.15, 0.2) is 22.8 Å². The van der Waals surface area contributed by atoms with Crippen molar-refractivity contribution >= 4 is 21.6 Å². The lowest BCUT2D eigenvalue weighted by atomic mass is 10.4.